The van der Waals surface area contributed by atoms with E-state index in [0.29, 0.717) is 0 Å². The van der Waals surface area contributed by atoms with Crippen LogP contribution in [0.3, 0.4) is 0 Å². The van der Waals surface area contributed by atoms with Crippen molar-refractivity contribution < 1.29 is 14.7 Å². The fourth-order valence-corrected chi connectivity index (χ4v) is 1.75. The van der Waals surface area contributed by atoms with Crippen molar-refractivity contribution in [2.45, 2.75) is 38.1 Å². The van der Waals surface area contributed by atoms with E-state index in [1.165, 1.54) is 6.42 Å². The summed E-state index contributed by atoms with van der Waals surface area (Å²) in [6.45, 7) is -0.0284. The van der Waals surface area contributed by atoms with Crippen molar-refractivity contribution >= 4 is 11.8 Å². The minimum Gasteiger partial charge on any atom is -0.395 e. The summed E-state index contributed by atoms with van der Waals surface area (Å²) in [5, 5.41) is 13.5. The molecular weight excluding hydrogens is 196 g/mol. The van der Waals surface area contributed by atoms with E-state index in [0.717, 1.165) is 25.7 Å². The molecule has 86 valence electrons. The summed E-state index contributed by atoms with van der Waals surface area (Å²) < 4.78 is 0. The van der Waals surface area contributed by atoms with Crippen LogP contribution in [-0.2, 0) is 9.59 Å². The van der Waals surface area contributed by atoms with Crippen molar-refractivity contribution in [2.24, 2.45) is 0 Å². The van der Waals surface area contributed by atoms with E-state index >= 15 is 0 Å². The molecule has 15 heavy (non-hydrogen) atoms. The molecule has 0 spiro atoms. The number of hydrogen-bond acceptors (Lipinski definition) is 3. The Morgan fingerprint density at radius 1 is 1.13 bits per heavy atom. The molecule has 1 aliphatic rings. The van der Waals surface area contributed by atoms with Crippen LogP contribution in [0.15, 0.2) is 0 Å². The first-order valence-electron chi connectivity index (χ1n) is 5.43. The van der Waals surface area contributed by atoms with Gasteiger partial charge >= 0.3 is 11.8 Å². The lowest BCUT2D eigenvalue weighted by molar-refractivity contribution is -0.139. The molecule has 0 aromatic heterocycles. The zero-order valence-corrected chi connectivity index (χ0v) is 8.79. The van der Waals surface area contributed by atoms with Gasteiger partial charge in [-0.25, -0.2) is 0 Å². The third-order valence-corrected chi connectivity index (χ3v) is 2.54. The Morgan fingerprint density at radius 3 is 2.40 bits per heavy atom. The monoisotopic (exact) mass is 214 g/mol. The van der Waals surface area contributed by atoms with Crippen LogP contribution in [0.25, 0.3) is 0 Å². The topological polar surface area (TPSA) is 78.4 Å². The Labute approximate surface area is 89.2 Å². The van der Waals surface area contributed by atoms with Crippen LogP contribution in [0.5, 0.6) is 0 Å². The summed E-state index contributed by atoms with van der Waals surface area (Å²) in [6, 6.07) is 0.145. The average Bonchev–Trinajstić information content (AvgIpc) is 2.27. The van der Waals surface area contributed by atoms with Crippen LogP contribution in [0, 0.1) is 0 Å². The third kappa shape index (κ3) is 4.29. The first-order chi connectivity index (χ1) is 7.24. The predicted molar refractivity (Wildman–Crippen MR) is 55.1 cm³/mol. The van der Waals surface area contributed by atoms with Crippen LogP contribution in [0.4, 0.5) is 0 Å². The van der Waals surface area contributed by atoms with Crippen molar-refractivity contribution in [1.29, 1.82) is 0 Å². The zero-order valence-electron chi connectivity index (χ0n) is 8.79. The zero-order chi connectivity index (χ0) is 11.1. The molecule has 5 heteroatoms. The maximum absolute atomic E-state index is 11.3. The van der Waals surface area contributed by atoms with Crippen molar-refractivity contribution in [2.75, 3.05) is 13.2 Å². The molecule has 2 amide bonds. The molecule has 3 N–H and O–H groups in total. The number of carbonyl (C=O) groups excluding carboxylic acids is 2. The summed E-state index contributed by atoms with van der Waals surface area (Å²) in [4.78, 5) is 22.5. The highest BCUT2D eigenvalue weighted by Gasteiger charge is 2.19. The van der Waals surface area contributed by atoms with Crippen molar-refractivity contribution in [3.05, 3.63) is 0 Å². The Hall–Kier alpha value is -1.10. The molecule has 0 atom stereocenters. The van der Waals surface area contributed by atoms with Gasteiger partial charge < -0.3 is 15.7 Å². The van der Waals surface area contributed by atoms with E-state index in [2.05, 4.69) is 10.6 Å². The highest BCUT2D eigenvalue weighted by Crippen LogP contribution is 2.17. The Kier molecular flexibility index (Phi) is 5.10. The lowest BCUT2D eigenvalue weighted by Gasteiger charge is -2.22. The van der Waals surface area contributed by atoms with Gasteiger partial charge in [0.2, 0.25) is 0 Å². The molecule has 1 fully saturated rings. The lowest BCUT2D eigenvalue weighted by atomic mass is 9.95. The molecule has 0 bridgehead atoms. The molecule has 0 heterocycles. The summed E-state index contributed by atoms with van der Waals surface area (Å²) in [6.07, 6.45) is 5.35. The van der Waals surface area contributed by atoms with Gasteiger partial charge in [0.05, 0.1) is 6.61 Å². The van der Waals surface area contributed by atoms with Crippen LogP contribution in [0.1, 0.15) is 32.1 Å². The number of rotatable bonds is 3. The maximum Gasteiger partial charge on any atom is 0.309 e. The van der Waals surface area contributed by atoms with Crippen molar-refractivity contribution in [1.82, 2.24) is 10.6 Å². The number of carbonyl (C=O) groups is 2. The van der Waals surface area contributed by atoms with Gasteiger partial charge in [-0.15, -0.1) is 0 Å². The number of aliphatic hydroxyl groups is 1. The second-order valence-corrected chi connectivity index (χ2v) is 3.79. The van der Waals surface area contributed by atoms with E-state index in [1.807, 2.05) is 0 Å². The Morgan fingerprint density at radius 2 is 1.80 bits per heavy atom. The van der Waals surface area contributed by atoms with Gasteiger partial charge in [-0.05, 0) is 12.8 Å². The summed E-state index contributed by atoms with van der Waals surface area (Å²) in [7, 11) is 0. The average molecular weight is 214 g/mol. The second kappa shape index (κ2) is 6.40. The Bertz CT molecular complexity index is 225. The fraction of sp³-hybridized carbons (Fsp3) is 0.800. The van der Waals surface area contributed by atoms with Crippen LogP contribution in [0.2, 0.25) is 0 Å². The molecule has 0 unspecified atom stereocenters. The number of aliphatic hydroxyl groups excluding tert-OH is 1. The summed E-state index contributed by atoms with van der Waals surface area (Å²) >= 11 is 0. The van der Waals surface area contributed by atoms with Gasteiger partial charge in [-0.1, -0.05) is 19.3 Å². The minimum atomic E-state index is -0.658. The highest BCUT2D eigenvalue weighted by molar-refractivity contribution is 6.35. The molecule has 0 saturated heterocycles. The Balaban J connectivity index is 2.24. The van der Waals surface area contributed by atoms with Gasteiger partial charge in [0.15, 0.2) is 0 Å². The standard InChI is InChI=1S/C10H18N2O3/c13-7-6-11-9(14)10(15)12-8-4-2-1-3-5-8/h8,13H,1-7H2,(H,11,14)(H,12,15). The molecule has 1 saturated carbocycles. The van der Waals surface area contributed by atoms with Gasteiger partial charge in [-0.3, -0.25) is 9.59 Å². The molecule has 5 nitrogen and oxygen atoms in total. The predicted octanol–water partition coefficient (Wildman–Crippen LogP) is -0.456. The SMILES string of the molecule is O=C(NCCO)C(=O)NC1CCCCC1. The molecular formula is C10H18N2O3. The second-order valence-electron chi connectivity index (χ2n) is 3.79. The molecule has 0 aromatic carbocycles. The maximum atomic E-state index is 11.3. The van der Waals surface area contributed by atoms with E-state index in [9.17, 15) is 9.59 Å². The summed E-state index contributed by atoms with van der Waals surface area (Å²) in [5.41, 5.74) is 0. The highest BCUT2D eigenvalue weighted by atomic mass is 16.3. The largest absolute Gasteiger partial charge is 0.395 e. The minimum absolute atomic E-state index is 0.122. The first-order valence-corrected chi connectivity index (χ1v) is 5.43. The molecule has 1 aliphatic carbocycles. The third-order valence-electron chi connectivity index (χ3n) is 2.54. The number of nitrogens with one attached hydrogen (secondary N) is 2. The lowest BCUT2D eigenvalue weighted by Crippen LogP contribution is -2.45. The van der Waals surface area contributed by atoms with Crippen molar-refractivity contribution in [3.63, 3.8) is 0 Å². The van der Waals surface area contributed by atoms with E-state index in [4.69, 9.17) is 5.11 Å². The normalized spacial score (nSPS) is 17.1. The van der Waals surface area contributed by atoms with Crippen LogP contribution >= 0.6 is 0 Å². The number of hydrogen-bond donors (Lipinski definition) is 3. The molecule has 0 aliphatic heterocycles. The first kappa shape index (κ1) is 12.0. The molecule has 0 aromatic rings. The summed E-state index contributed by atoms with van der Waals surface area (Å²) in [5.74, 6) is -1.25. The smallest absolute Gasteiger partial charge is 0.309 e. The van der Waals surface area contributed by atoms with E-state index < -0.39 is 11.8 Å². The van der Waals surface area contributed by atoms with Crippen LogP contribution in [-0.4, -0.2) is 36.1 Å². The fourth-order valence-electron chi connectivity index (χ4n) is 1.75. The molecule has 1 rings (SSSR count). The van der Waals surface area contributed by atoms with Gasteiger partial charge in [0.25, 0.3) is 0 Å². The van der Waals surface area contributed by atoms with Gasteiger partial charge in [-0.2, -0.15) is 0 Å². The number of amides is 2. The van der Waals surface area contributed by atoms with E-state index in [-0.39, 0.29) is 19.2 Å². The van der Waals surface area contributed by atoms with Gasteiger partial charge in [0, 0.05) is 12.6 Å². The van der Waals surface area contributed by atoms with Gasteiger partial charge in [0.1, 0.15) is 0 Å². The quantitative estimate of drug-likeness (QED) is 0.556. The van der Waals surface area contributed by atoms with Crippen LogP contribution < -0.4 is 10.6 Å². The van der Waals surface area contributed by atoms with Crippen molar-refractivity contribution in [3.8, 4) is 0 Å². The van der Waals surface area contributed by atoms with E-state index in [1.54, 1.807) is 0 Å². The molecule has 0 radical (unpaired) electrons.